The van der Waals surface area contributed by atoms with E-state index in [1.807, 2.05) is 18.2 Å². The van der Waals surface area contributed by atoms with E-state index in [1.165, 1.54) is 77.0 Å². The SMILES string of the molecule is CC/C=C\C/C=C\C/C=C\C/C=C\C/C=C\C/C=C\CCC(=O)OC1C(OCC(NC(=O)C(O)CCCCCC/C=C\C/C=C\C/C=C\C/C=C\CCCCC)C(O)/C=C/CCCCCCCCCCCCC)OC(CO)C(O)C1O. The van der Waals surface area contributed by atoms with E-state index in [-0.39, 0.29) is 19.4 Å². The topological polar surface area (TPSA) is 175 Å². The maximum absolute atomic E-state index is 13.4. The molecule has 1 heterocycles. The van der Waals surface area contributed by atoms with Crippen LogP contribution in [0.5, 0.6) is 0 Å². The van der Waals surface area contributed by atoms with Gasteiger partial charge in [-0.15, -0.1) is 0 Å². The van der Waals surface area contributed by atoms with E-state index < -0.39 is 67.4 Å². The Morgan fingerprint density at radius 2 is 0.889 bits per heavy atom. The first-order chi connectivity index (χ1) is 39.7. The fourth-order valence-corrected chi connectivity index (χ4v) is 9.01. The van der Waals surface area contributed by atoms with E-state index in [0.29, 0.717) is 19.3 Å². The third-order valence-corrected chi connectivity index (χ3v) is 14.0. The van der Waals surface area contributed by atoms with Gasteiger partial charge in [0.1, 0.15) is 24.4 Å². The van der Waals surface area contributed by atoms with Crippen LogP contribution in [0.2, 0.25) is 0 Å². The molecule has 460 valence electrons. The van der Waals surface area contributed by atoms with Crippen LogP contribution in [-0.2, 0) is 23.8 Å². The van der Waals surface area contributed by atoms with E-state index >= 15 is 0 Å². The van der Waals surface area contributed by atoms with Crippen molar-refractivity contribution in [3.05, 3.63) is 134 Å². The predicted octanol–water partition coefficient (Wildman–Crippen LogP) is 15.6. The van der Waals surface area contributed by atoms with E-state index in [9.17, 15) is 35.1 Å². The molecule has 1 aliphatic rings. The van der Waals surface area contributed by atoms with Gasteiger partial charge in [-0.25, -0.2) is 0 Å². The van der Waals surface area contributed by atoms with Crippen LogP contribution in [0.1, 0.15) is 233 Å². The van der Waals surface area contributed by atoms with Crippen LogP contribution in [0, 0.1) is 0 Å². The number of aliphatic hydroxyl groups excluding tert-OH is 5. The van der Waals surface area contributed by atoms with Crippen molar-refractivity contribution < 1.29 is 49.3 Å². The number of esters is 1. The summed E-state index contributed by atoms with van der Waals surface area (Å²) in [6, 6.07) is -1.06. The van der Waals surface area contributed by atoms with Crippen LogP contribution in [0.4, 0.5) is 0 Å². The highest BCUT2D eigenvalue weighted by Crippen LogP contribution is 2.26. The zero-order valence-electron chi connectivity index (χ0n) is 50.8. The second-order valence-corrected chi connectivity index (χ2v) is 21.4. The maximum Gasteiger partial charge on any atom is 0.306 e. The van der Waals surface area contributed by atoms with Crippen molar-refractivity contribution in [3.8, 4) is 0 Å². The van der Waals surface area contributed by atoms with Crippen molar-refractivity contribution in [3.63, 3.8) is 0 Å². The average molecular weight is 1130 g/mol. The fourth-order valence-electron chi connectivity index (χ4n) is 9.01. The van der Waals surface area contributed by atoms with Gasteiger partial charge in [-0.2, -0.15) is 0 Å². The standard InChI is InChI=1S/C70H115NO10/c1-4-7-10-13-16-19-22-25-27-29-31-33-34-36-39-42-45-48-51-54-57-63(74)69(78)71-61(62(73)56-53-50-47-44-41-38-24-21-18-15-12-9-6-3)60-79-70-68(67(77)66(76)64(59-72)80-70)81-65(75)58-55-52-49-46-43-40-37-35-32-30-28-26-23-20-17-14-11-8-5-2/h8,11,16-17,19-20,25-28,31-33,35-36,39-40,43,49,52-53,56,61-64,66-68,70,72-74,76-77H,4-7,9-10,12-15,18,21-24,29-30,34,37-38,41-42,44-48,50-51,54-55,57-60H2,1-3H3,(H,71,78)/b11-8-,19-16-,20-17-,27-25-,28-26-,33-31-,35-32-,39-36-,43-40-,52-49-,56-53+. The molecule has 1 rings (SSSR count). The van der Waals surface area contributed by atoms with Gasteiger partial charge in [0.2, 0.25) is 5.91 Å². The predicted molar refractivity (Wildman–Crippen MR) is 337 cm³/mol. The van der Waals surface area contributed by atoms with E-state index in [4.69, 9.17) is 14.2 Å². The van der Waals surface area contributed by atoms with Gasteiger partial charge in [-0.1, -0.05) is 251 Å². The number of amides is 1. The molecule has 8 atom stereocenters. The number of carbonyl (C=O) groups is 2. The summed E-state index contributed by atoms with van der Waals surface area (Å²) >= 11 is 0. The van der Waals surface area contributed by atoms with E-state index in [0.717, 1.165) is 103 Å². The molecule has 1 saturated heterocycles. The molecule has 0 spiro atoms. The molecule has 0 saturated carbocycles. The first-order valence-electron chi connectivity index (χ1n) is 32.0. The Balaban J connectivity index is 2.75. The zero-order valence-corrected chi connectivity index (χ0v) is 50.8. The monoisotopic (exact) mass is 1130 g/mol. The highest BCUT2D eigenvalue weighted by Gasteiger charge is 2.47. The molecule has 1 fully saturated rings. The van der Waals surface area contributed by atoms with Crippen molar-refractivity contribution in [1.82, 2.24) is 5.32 Å². The summed E-state index contributed by atoms with van der Waals surface area (Å²) in [5, 5.41) is 57.0. The Bertz CT molecular complexity index is 1830. The van der Waals surface area contributed by atoms with E-state index in [1.54, 1.807) is 6.08 Å². The summed E-state index contributed by atoms with van der Waals surface area (Å²) in [7, 11) is 0. The zero-order chi connectivity index (χ0) is 58.9. The number of allylic oxidation sites excluding steroid dienone is 21. The van der Waals surface area contributed by atoms with Crippen molar-refractivity contribution in [2.45, 2.75) is 282 Å². The number of carbonyl (C=O) groups excluding carboxylic acids is 2. The molecule has 0 bridgehead atoms. The Morgan fingerprint density at radius 3 is 1.36 bits per heavy atom. The Hall–Kier alpha value is -4.20. The number of aliphatic hydroxyl groups is 5. The molecule has 11 nitrogen and oxygen atoms in total. The first-order valence-corrected chi connectivity index (χ1v) is 32.0. The summed E-state index contributed by atoms with van der Waals surface area (Å²) in [6.07, 6.45) is 69.2. The van der Waals surface area contributed by atoms with Crippen molar-refractivity contribution in [2.75, 3.05) is 13.2 Å². The van der Waals surface area contributed by atoms with Crippen molar-refractivity contribution in [1.29, 1.82) is 0 Å². The smallest absolute Gasteiger partial charge is 0.306 e. The summed E-state index contributed by atoms with van der Waals surface area (Å²) < 4.78 is 17.5. The quantitative estimate of drug-likeness (QED) is 0.0195. The van der Waals surface area contributed by atoms with Gasteiger partial charge < -0.3 is 45.1 Å². The summed E-state index contributed by atoms with van der Waals surface area (Å²) in [5.74, 6) is -1.31. The molecule has 8 unspecified atom stereocenters. The number of rotatable bonds is 52. The summed E-state index contributed by atoms with van der Waals surface area (Å²) in [4.78, 5) is 26.6. The molecule has 6 N–H and O–H groups in total. The number of hydrogen-bond donors (Lipinski definition) is 6. The number of ether oxygens (including phenoxy) is 3. The lowest BCUT2D eigenvalue weighted by atomic mass is 9.99. The number of nitrogens with one attached hydrogen (secondary N) is 1. The Labute approximate surface area is 493 Å². The minimum absolute atomic E-state index is 0.0117. The second kappa shape index (κ2) is 56.3. The van der Waals surface area contributed by atoms with Gasteiger partial charge in [-0.05, 0) is 109 Å². The van der Waals surface area contributed by atoms with Gasteiger partial charge in [0.25, 0.3) is 0 Å². The molecule has 1 aliphatic heterocycles. The van der Waals surface area contributed by atoms with Gasteiger partial charge in [0.05, 0.1) is 25.4 Å². The van der Waals surface area contributed by atoms with Crippen LogP contribution in [0.15, 0.2) is 134 Å². The average Bonchev–Trinajstić information content (AvgIpc) is 3.47. The van der Waals surface area contributed by atoms with Gasteiger partial charge in [-0.3, -0.25) is 9.59 Å². The Kier molecular flexibility index (Phi) is 52.0. The van der Waals surface area contributed by atoms with Crippen LogP contribution in [0.3, 0.4) is 0 Å². The highest BCUT2D eigenvalue weighted by molar-refractivity contribution is 5.80. The lowest BCUT2D eigenvalue weighted by Gasteiger charge is -2.41. The molecule has 0 aromatic carbocycles. The normalized spacial score (nSPS) is 19.6. The number of unbranched alkanes of at least 4 members (excludes halogenated alkanes) is 18. The summed E-state index contributed by atoms with van der Waals surface area (Å²) in [5.41, 5.74) is 0. The fraction of sp³-hybridized carbons (Fsp3) is 0.657. The lowest BCUT2D eigenvalue weighted by molar-refractivity contribution is -0.305. The summed E-state index contributed by atoms with van der Waals surface area (Å²) in [6.45, 7) is 5.59. The third kappa shape index (κ3) is 44.1. The van der Waals surface area contributed by atoms with Gasteiger partial charge in [0, 0.05) is 6.42 Å². The highest BCUT2D eigenvalue weighted by atomic mass is 16.7. The lowest BCUT2D eigenvalue weighted by Crippen LogP contribution is -2.61. The third-order valence-electron chi connectivity index (χ3n) is 14.0. The van der Waals surface area contributed by atoms with Crippen LogP contribution in [0.25, 0.3) is 0 Å². The minimum atomic E-state index is -1.66. The molecule has 0 aliphatic carbocycles. The molecular weight excluding hydrogens is 1010 g/mol. The van der Waals surface area contributed by atoms with Crippen LogP contribution < -0.4 is 5.32 Å². The van der Waals surface area contributed by atoms with Crippen LogP contribution in [-0.4, -0.2) is 99.6 Å². The van der Waals surface area contributed by atoms with E-state index in [2.05, 4.69) is 135 Å². The molecule has 0 radical (unpaired) electrons. The first kappa shape index (κ1) is 74.8. The number of hydrogen-bond acceptors (Lipinski definition) is 10. The maximum atomic E-state index is 13.4. The van der Waals surface area contributed by atoms with Crippen LogP contribution >= 0.6 is 0 Å². The largest absolute Gasteiger partial charge is 0.454 e. The molecular formula is C70H115NO10. The molecule has 81 heavy (non-hydrogen) atoms. The molecule has 1 amide bonds. The molecule has 0 aromatic heterocycles. The Morgan fingerprint density at radius 1 is 0.494 bits per heavy atom. The molecule has 0 aromatic rings. The van der Waals surface area contributed by atoms with Crippen molar-refractivity contribution >= 4 is 11.9 Å². The van der Waals surface area contributed by atoms with Gasteiger partial charge >= 0.3 is 5.97 Å². The van der Waals surface area contributed by atoms with Crippen molar-refractivity contribution in [2.24, 2.45) is 0 Å². The minimum Gasteiger partial charge on any atom is -0.454 e. The second-order valence-electron chi connectivity index (χ2n) is 21.4. The molecule has 11 heteroatoms. The van der Waals surface area contributed by atoms with Gasteiger partial charge in [0.15, 0.2) is 12.4 Å².